The summed E-state index contributed by atoms with van der Waals surface area (Å²) < 4.78 is 0.851. The van der Waals surface area contributed by atoms with Crippen LogP contribution in [0.5, 0.6) is 0 Å². The first kappa shape index (κ1) is 14.1. The summed E-state index contributed by atoms with van der Waals surface area (Å²) in [7, 11) is 0. The highest BCUT2D eigenvalue weighted by Crippen LogP contribution is 2.41. The van der Waals surface area contributed by atoms with Gasteiger partial charge in [0, 0.05) is 10.2 Å². The van der Waals surface area contributed by atoms with Gasteiger partial charge in [0.2, 0.25) is 0 Å². The van der Waals surface area contributed by atoms with Crippen LogP contribution < -0.4 is 11.1 Å². The van der Waals surface area contributed by atoms with Gasteiger partial charge < -0.3 is 11.1 Å². The van der Waals surface area contributed by atoms with Gasteiger partial charge >= 0.3 is 0 Å². The van der Waals surface area contributed by atoms with E-state index in [0.717, 1.165) is 22.9 Å². The number of hydrogen-bond donors (Lipinski definition) is 2. The molecule has 0 bridgehead atoms. The standard InChI is InChI=1S/C17H17BrN2O/c18-13-8-9-15(19)14(10-13)17(21)20-16(12-6-7-12)11-4-2-1-3-5-11/h1-5,8-10,12,16H,6-7,19H2,(H,20,21). The van der Waals surface area contributed by atoms with Crippen LogP contribution in [0.2, 0.25) is 0 Å². The summed E-state index contributed by atoms with van der Waals surface area (Å²) in [6.45, 7) is 0. The van der Waals surface area contributed by atoms with Crippen molar-refractivity contribution in [2.75, 3.05) is 5.73 Å². The third-order valence-corrected chi connectivity index (χ3v) is 4.29. The molecule has 2 aromatic carbocycles. The maximum absolute atomic E-state index is 12.5. The second-order valence-corrected chi connectivity index (χ2v) is 6.35. The maximum Gasteiger partial charge on any atom is 0.253 e. The van der Waals surface area contributed by atoms with Gasteiger partial charge in [-0.3, -0.25) is 4.79 Å². The van der Waals surface area contributed by atoms with Gasteiger partial charge in [0.15, 0.2) is 0 Å². The Morgan fingerprint density at radius 3 is 2.57 bits per heavy atom. The highest BCUT2D eigenvalue weighted by atomic mass is 79.9. The van der Waals surface area contributed by atoms with Crippen molar-refractivity contribution in [2.24, 2.45) is 5.92 Å². The van der Waals surface area contributed by atoms with Gasteiger partial charge in [0.05, 0.1) is 11.6 Å². The van der Waals surface area contributed by atoms with Crippen LogP contribution in [0, 0.1) is 5.92 Å². The molecule has 1 saturated carbocycles. The summed E-state index contributed by atoms with van der Waals surface area (Å²) in [5, 5.41) is 3.14. The van der Waals surface area contributed by atoms with Crippen molar-refractivity contribution < 1.29 is 4.79 Å². The number of nitrogens with two attached hydrogens (primary N) is 1. The predicted octanol–water partition coefficient (Wildman–Crippen LogP) is 3.91. The molecule has 1 unspecified atom stereocenters. The molecular weight excluding hydrogens is 328 g/mol. The number of amides is 1. The number of rotatable bonds is 4. The van der Waals surface area contributed by atoms with E-state index >= 15 is 0 Å². The van der Waals surface area contributed by atoms with E-state index in [9.17, 15) is 4.79 Å². The number of nitrogen functional groups attached to an aromatic ring is 1. The monoisotopic (exact) mass is 344 g/mol. The Balaban J connectivity index is 1.83. The Hall–Kier alpha value is -1.81. The Kier molecular flexibility index (Phi) is 3.97. The lowest BCUT2D eigenvalue weighted by molar-refractivity contribution is 0.0932. The molecule has 0 radical (unpaired) electrons. The topological polar surface area (TPSA) is 55.1 Å². The minimum Gasteiger partial charge on any atom is -0.398 e. The molecule has 0 spiro atoms. The van der Waals surface area contributed by atoms with Crippen molar-refractivity contribution in [1.29, 1.82) is 0 Å². The fourth-order valence-corrected chi connectivity index (χ4v) is 2.87. The predicted molar refractivity (Wildman–Crippen MR) is 87.9 cm³/mol. The first-order valence-corrected chi connectivity index (χ1v) is 7.85. The van der Waals surface area contributed by atoms with Crippen molar-refractivity contribution in [2.45, 2.75) is 18.9 Å². The van der Waals surface area contributed by atoms with Crippen LogP contribution in [0.1, 0.15) is 34.8 Å². The zero-order chi connectivity index (χ0) is 14.8. The molecule has 2 aromatic rings. The molecule has 108 valence electrons. The third kappa shape index (κ3) is 3.27. The van der Waals surface area contributed by atoms with Gasteiger partial charge in [0.25, 0.3) is 5.91 Å². The van der Waals surface area contributed by atoms with Crippen LogP contribution in [0.3, 0.4) is 0 Å². The van der Waals surface area contributed by atoms with Gasteiger partial charge in [-0.2, -0.15) is 0 Å². The molecule has 21 heavy (non-hydrogen) atoms. The highest BCUT2D eigenvalue weighted by Gasteiger charge is 2.33. The number of benzene rings is 2. The average Bonchev–Trinajstić information content (AvgIpc) is 3.32. The Morgan fingerprint density at radius 2 is 1.90 bits per heavy atom. The molecule has 4 heteroatoms. The van der Waals surface area contributed by atoms with E-state index < -0.39 is 0 Å². The molecule has 1 amide bonds. The summed E-state index contributed by atoms with van der Waals surface area (Å²) in [5.74, 6) is 0.416. The second-order valence-electron chi connectivity index (χ2n) is 5.43. The van der Waals surface area contributed by atoms with Gasteiger partial charge in [-0.1, -0.05) is 46.3 Å². The van der Waals surface area contributed by atoms with E-state index in [-0.39, 0.29) is 11.9 Å². The van der Waals surface area contributed by atoms with E-state index in [0.29, 0.717) is 17.2 Å². The number of hydrogen-bond acceptors (Lipinski definition) is 2. The lowest BCUT2D eigenvalue weighted by atomic mass is 10.0. The van der Waals surface area contributed by atoms with Crippen LogP contribution in [0.25, 0.3) is 0 Å². The number of anilines is 1. The summed E-state index contributed by atoms with van der Waals surface area (Å²) in [6.07, 6.45) is 2.32. The SMILES string of the molecule is Nc1ccc(Br)cc1C(=O)NC(c1ccccc1)C1CC1. The average molecular weight is 345 g/mol. The Labute approximate surface area is 132 Å². The summed E-state index contributed by atoms with van der Waals surface area (Å²) in [4.78, 5) is 12.5. The minimum absolute atomic E-state index is 0.0667. The number of carbonyl (C=O) groups is 1. The first-order valence-electron chi connectivity index (χ1n) is 7.06. The van der Waals surface area contributed by atoms with Crippen LogP contribution in [-0.4, -0.2) is 5.91 Å². The van der Waals surface area contributed by atoms with E-state index in [4.69, 9.17) is 5.73 Å². The molecule has 1 aliphatic rings. The van der Waals surface area contributed by atoms with E-state index in [1.165, 1.54) is 0 Å². The lowest BCUT2D eigenvalue weighted by Crippen LogP contribution is -2.30. The van der Waals surface area contributed by atoms with Crippen molar-refractivity contribution in [1.82, 2.24) is 5.32 Å². The molecule has 1 aliphatic carbocycles. The molecule has 1 fully saturated rings. The Morgan fingerprint density at radius 1 is 1.19 bits per heavy atom. The van der Waals surface area contributed by atoms with Crippen LogP contribution >= 0.6 is 15.9 Å². The number of carbonyl (C=O) groups excluding carboxylic acids is 1. The smallest absolute Gasteiger partial charge is 0.253 e. The fraction of sp³-hybridized carbons (Fsp3) is 0.235. The van der Waals surface area contributed by atoms with Crippen molar-refractivity contribution in [3.8, 4) is 0 Å². The molecule has 3 rings (SSSR count). The lowest BCUT2D eigenvalue weighted by Gasteiger charge is -2.19. The summed E-state index contributed by atoms with van der Waals surface area (Å²) in [6, 6.07) is 15.5. The molecule has 3 nitrogen and oxygen atoms in total. The van der Waals surface area contributed by atoms with Crippen LogP contribution in [0.15, 0.2) is 53.0 Å². The van der Waals surface area contributed by atoms with E-state index in [1.54, 1.807) is 12.1 Å². The number of halogens is 1. The Bertz CT molecular complexity index is 653. The molecule has 0 heterocycles. The first-order chi connectivity index (χ1) is 10.1. The van der Waals surface area contributed by atoms with Crippen LogP contribution in [-0.2, 0) is 0 Å². The molecule has 0 saturated heterocycles. The highest BCUT2D eigenvalue weighted by molar-refractivity contribution is 9.10. The summed E-state index contributed by atoms with van der Waals surface area (Å²) >= 11 is 3.38. The summed E-state index contributed by atoms with van der Waals surface area (Å²) in [5.41, 5.74) is 8.09. The minimum atomic E-state index is -0.116. The van der Waals surface area contributed by atoms with Gasteiger partial charge in [0.1, 0.15) is 0 Å². The van der Waals surface area contributed by atoms with E-state index in [1.807, 2.05) is 24.3 Å². The van der Waals surface area contributed by atoms with Crippen LogP contribution in [0.4, 0.5) is 5.69 Å². The van der Waals surface area contributed by atoms with E-state index in [2.05, 4.69) is 33.4 Å². The molecular formula is C17H17BrN2O. The molecule has 0 aromatic heterocycles. The third-order valence-electron chi connectivity index (χ3n) is 3.80. The molecule has 3 N–H and O–H groups in total. The molecule has 0 aliphatic heterocycles. The normalized spacial score (nSPS) is 15.5. The van der Waals surface area contributed by atoms with Gasteiger partial charge in [-0.25, -0.2) is 0 Å². The van der Waals surface area contributed by atoms with Crippen molar-refractivity contribution in [3.63, 3.8) is 0 Å². The zero-order valence-corrected chi connectivity index (χ0v) is 13.1. The van der Waals surface area contributed by atoms with Gasteiger partial charge in [-0.05, 0) is 42.5 Å². The second kappa shape index (κ2) is 5.90. The van der Waals surface area contributed by atoms with Crippen molar-refractivity contribution >= 4 is 27.5 Å². The largest absolute Gasteiger partial charge is 0.398 e. The van der Waals surface area contributed by atoms with Crippen molar-refractivity contribution in [3.05, 3.63) is 64.1 Å². The van der Waals surface area contributed by atoms with Gasteiger partial charge in [-0.15, -0.1) is 0 Å². The quantitative estimate of drug-likeness (QED) is 0.826. The number of nitrogens with one attached hydrogen (secondary N) is 1. The zero-order valence-electron chi connectivity index (χ0n) is 11.6. The molecule has 1 atom stereocenters. The fourth-order valence-electron chi connectivity index (χ4n) is 2.51. The maximum atomic E-state index is 12.5.